The molecule has 0 amide bonds. The summed E-state index contributed by atoms with van der Waals surface area (Å²) < 4.78 is 5.49. The summed E-state index contributed by atoms with van der Waals surface area (Å²) in [7, 11) is 0. The maximum atomic E-state index is 5.49. The van der Waals surface area contributed by atoms with Gasteiger partial charge >= 0.3 is 0 Å². The van der Waals surface area contributed by atoms with E-state index in [9.17, 15) is 0 Å². The van der Waals surface area contributed by atoms with E-state index in [0.717, 1.165) is 18.0 Å². The zero-order valence-electron chi connectivity index (χ0n) is 12.4. The van der Waals surface area contributed by atoms with E-state index in [4.69, 9.17) is 4.74 Å². The third-order valence-corrected chi connectivity index (χ3v) is 3.19. The number of aryl methyl sites for hydroxylation is 1. The highest BCUT2D eigenvalue weighted by Crippen LogP contribution is 2.24. The Morgan fingerprint density at radius 2 is 1.85 bits per heavy atom. The van der Waals surface area contributed by atoms with Crippen molar-refractivity contribution >= 4 is 0 Å². The van der Waals surface area contributed by atoms with Gasteiger partial charge in [0.25, 0.3) is 0 Å². The quantitative estimate of drug-likeness (QED) is 0.872. The molecule has 3 nitrogen and oxygen atoms in total. The SMILES string of the molecule is CCNC(c1ccc(OCC)cc1)c1ccnc(C)c1. The smallest absolute Gasteiger partial charge is 0.119 e. The average molecular weight is 270 g/mol. The van der Waals surface area contributed by atoms with Crippen LogP contribution < -0.4 is 10.1 Å². The van der Waals surface area contributed by atoms with E-state index in [0.29, 0.717) is 6.61 Å². The van der Waals surface area contributed by atoms with Crippen molar-refractivity contribution < 1.29 is 4.74 Å². The van der Waals surface area contributed by atoms with Crippen molar-refractivity contribution in [3.05, 3.63) is 59.4 Å². The molecule has 0 fully saturated rings. The summed E-state index contributed by atoms with van der Waals surface area (Å²) in [6.07, 6.45) is 1.86. The van der Waals surface area contributed by atoms with Gasteiger partial charge in [0.05, 0.1) is 12.6 Å². The van der Waals surface area contributed by atoms with Crippen molar-refractivity contribution in [2.45, 2.75) is 26.8 Å². The maximum absolute atomic E-state index is 5.49. The van der Waals surface area contributed by atoms with Gasteiger partial charge in [0, 0.05) is 11.9 Å². The molecule has 0 radical (unpaired) electrons. The van der Waals surface area contributed by atoms with Gasteiger partial charge in [0.15, 0.2) is 0 Å². The van der Waals surface area contributed by atoms with Crippen LogP contribution in [-0.2, 0) is 0 Å². The zero-order valence-corrected chi connectivity index (χ0v) is 12.4. The second-order valence-corrected chi connectivity index (χ2v) is 4.72. The fourth-order valence-corrected chi connectivity index (χ4v) is 2.30. The lowest BCUT2D eigenvalue weighted by molar-refractivity contribution is 0.340. The van der Waals surface area contributed by atoms with Crippen LogP contribution in [0.3, 0.4) is 0 Å². The van der Waals surface area contributed by atoms with Crippen LogP contribution >= 0.6 is 0 Å². The number of nitrogens with zero attached hydrogens (tertiary/aromatic N) is 1. The van der Waals surface area contributed by atoms with Gasteiger partial charge in [-0.2, -0.15) is 0 Å². The van der Waals surface area contributed by atoms with Crippen LogP contribution in [0, 0.1) is 6.92 Å². The summed E-state index contributed by atoms with van der Waals surface area (Å²) in [5.74, 6) is 0.914. The molecule has 0 aliphatic carbocycles. The molecule has 1 N–H and O–H groups in total. The molecule has 0 spiro atoms. The van der Waals surface area contributed by atoms with E-state index >= 15 is 0 Å². The topological polar surface area (TPSA) is 34.1 Å². The number of hydrogen-bond donors (Lipinski definition) is 1. The summed E-state index contributed by atoms with van der Waals surface area (Å²) in [4.78, 5) is 4.27. The van der Waals surface area contributed by atoms with Crippen LogP contribution in [0.15, 0.2) is 42.6 Å². The number of pyridine rings is 1. The highest BCUT2D eigenvalue weighted by Gasteiger charge is 2.13. The Balaban J connectivity index is 2.28. The molecular weight excluding hydrogens is 248 g/mol. The first-order valence-electron chi connectivity index (χ1n) is 7.13. The molecule has 0 aliphatic rings. The molecule has 2 rings (SSSR count). The van der Waals surface area contributed by atoms with Gasteiger partial charge in [-0.3, -0.25) is 4.98 Å². The largest absolute Gasteiger partial charge is 0.494 e. The third-order valence-electron chi connectivity index (χ3n) is 3.19. The lowest BCUT2D eigenvalue weighted by Crippen LogP contribution is -2.22. The van der Waals surface area contributed by atoms with Gasteiger partial charge in [-0.1, -0.05) is 19.1 Å². The molecule has 0 saturated heterocycles. The van der Waals surface area contributed by atoms with Crippen LogP contribution in [0.1, 0.15) is 36.7 Å². The summed E-state index contributed by atoms with van der Waals surface area (Å²) >= 11 is 0. The minimum atomic E-state index is 0.192. The molecule has 20 heavy (non-hydrogen) atoms. The molecule has 1 unspecified atom stereocenters. The van der Waals surface area contributed by atoms with Gasteiger partial charge in [-0.15, -0.1) is 0 Å². The van der Waals surface area contributed by atoms with Crippen molar-refractivity contribution in [1.29, 1.82) is 0 Å². The molecule has 1 atom stereocenters. The molecule has 1 aromatic carbocycles. The van der Waals surface area contributed by atoms with Gasteiger partial charge < -0.3 is 10.1 Å². The van der Waals surface area contributed by atoms with E-state index in [1.165, 1.54) is 11.1 Å². The fraction of sp³-hybridized carbons (Fsp3) is 0.353. The van der Waals surface area contributed by atoms with E-state index in [2.05, 4.69) is 41.5 Å². The highest BCUT2D eigenvalue weighted by molar-refractivity contribution is 5.35. The van der Waals surface area contributed by atoms with E-state index in [1.807, 2.05) is 32.2 Å². The zero-order chi connectivity index (χ0) is 14.4. The van der Waals surface area contributed by atoms with Crippen LogP contribution in [0.25, 0.3) is 0 Å². The summed E-state index contributed by atoms with van der Waals surface area (Å²) in [6.45, 7) is 7.74. The second-order valence-electron chi connectivity index (χ2n) is 4.72. The van der Waals surface area contributed by atoms with Crippen LogP contribution in [0.4, 0.5) is 0 Å². The number of hydrogen-bond acceptors (Lipinski definition) is 3. The number of ether oxygens (including phenoxy) is 1. The normalized spacial score (nSPS) is 12.2. The number of rotatable bonds is 6. The molecule has 1 aromatic heterocycles. The summed E-state index contributed by atoms with van der Waals surface area (Å²) in [6, 6.07) is 12.7. The number of nitrogens with one attached hydrogen (secondary N) is 1. The highest BCUT2D eigenvalue weighted by atomic mass is 16.5. The third kappa shape index (κ3) is 3.58. The Kier molecular flexibility index (Phi) is 5.13. The fourth-order valence-electron chi connectivity index (χ4n) is 2.30. The molecular formula is C17H22N2O. The summed E-state index contributed by atoms with van der Waals surface area (Å²) in [5.41, 5.74) is 3.51. The number of benzene rings is 1. The Labute approximate surface area is 121 Å². The van der Waals surface area contributed by atoms with Gasteiger partial charge in [0.1, 0.15) is 5.75 Å². The Morgan fingerprint density at radius 3 is 2.45 bits per heavy atom. The van der Waals surface area contributed by atoms with Crippen LogP contribution in [-0.4, -0.2) is 18.1 Å². The molecule has 0 saturated carbocycles. The minimum Gasteiger partial charge on any atom is -0.494 e. The van der Waals surface area contributed by atoms with E-state index in [-0.39, 0.29) is 6.04 Å². The molecule has 106 valence electrons. The van der Waals surface area contributed by atoms with Gasteiger partial charge in [-0.05, 0) is 55.8 Å². The second kappa shape index (κ2) is 7.06. The Bertz CT molecular complexity index is 537. The Morgan fingerprint density at radius 1 is 1.10 bits per heavy atom. The standard InChI is InChI=1S/C17H22N2O/c1-4-18-17(15-10-11-19-13(3)12-15)14-6-8-16(9-7-14)20-5-2/h6-12,17-18H,4-5H2,1-3H3. The Hall–Kier alpha value is -1.87. The van der Waals surface area contributed by atoms with E-state index < -0.39 is 0 Å². The predicted molar refractivity (Wildman–Crippen MR) is 82.1 cm³/mol. The first-order valence-corrected chi connectivity index (χ1v) is 7.13. The van der Waals surface area contributed by atoms with Crippen molar-refractivity contribution in [2.75, 3.05) is 13.2 Å². The van der Waals surface area contributed by atoms with Crippen molar-refractivity contribution in [2.24, 2.45) is 0 Å². The number of aromatic nitrogens is 1. The molecule has 1 heterocycles. The maximum Gasteiger partial charge on any atom is 0.119 e. The average Bonchev–Trinajstić information content (AvgIpc) is 2.46. The van der Waals surface area contributed by atoms with E-state index in [1.54, 1.807) is 0 Å². The van der Waals surface area contributed by atoms with Gasteiger partial charge in [0.2, 0.25) is 0 Å². The van der Waals surface area contributed by atoms with Crippen LogP contribution in [0.5, 0.6) is 5.75 Å². The lowest BCUT2D eigenvalue weighted by atomic mass is 9.99. The lowest BCUT2D eigenvalue weighted by Gasteiger charge is -2.19. The predicted octanol–water partition coefficient (Wildman–Crippen LogP) is 3.49. The van der Waals surface area contributed by atoms with Gasteiger partial charge in [-0.25, -0.2) is 0 Å². The minimum absolute atomic E-state index is 0.192. The van der Waals surface area contributed by atoms with Crippen molar-refractivity contribution in [3.63, 3.8) is 0 Å². The monoisotopic (exact) mass is 270 g/mol. The first-order chi connectivity index (χ1) is 9.74. The first kappa shape index (κ1) is 14.5. The molecule has 0 aliphatic heterocycles. The molecule has 0 bridgehead atoms. The molecule has 2 aromatic rings. The van der Waals surface area contributed by atoms with Crippen molar-refractivity contribution in [1.82, 2.24) is 10.3 Å². The summed E-state index contributed by atoms with van der Waals surface area (Å²) in [5, 5.41) is 3.53. The van der Waals surface area contributed by atoms with Crippen LogP contribution in [0.2, 0.25) is 0 Å². The molecule has 3 heteroatoms. The van der Waals surface area contributed by atoms with Crippen molar-refractivity contribution in [3.8, 4) is 5.75 Å².